The maximum absolute atomic E-state index is 12.1. The number of ether oxygens (including phenoxy) is 2. The molecule has 2 aromatic carbocycles. The van der Waals surface area contributed by atoms with E-state index in [0.29, 0.717) is 18.0 Å². The molecule has 6 heteroatoms. The van der Waals surface area contributed by atoms with Gasteiger partial charge in [0.15, 0.2) is 0 Å². The summed E-state index contributed by atoms with van der Waals surface area (Å²) in [5.74, 6) is 1.21. The summed E-state index contributed by atoms with van der Waals surface area (Å²) in [6.45, 7) is 0.561. The number of nitrogens with one attached hydrogen (secondary N) is 1. The van der Waals surface area contributed by atoms with E-state index >= 15 is 0 Å². The molecular formula is C22H23N3O3. The predicted octanol–water partition coefficient (Wildman–Crippen LogP) is 3.26. The van der Waals surface area contributed by atoms with Crippen LogP contribution in [0.1, 0.15) is 11.1 Å². The van der Waals surface area contributed by atoms with Crippen LogP contribution in [-0.2, 0) is 11.2 Å². The molecule has 3 aromatic rings. The van der Waals surface area contributed by atoms with E-state index in [0.717, 1.165) is 23.2 Å². The van der Waals surface area contributed by atoms with Gasteiger partial charge in [-0.25, -0.2) is 4.68 Å². The van der Waals surface area contributed by atoms with Gasteiger partial charge in [0.25, 0.3) is 0 Å². The second-order valence-electron chi connectivity index (χ2n) is 6.14. The zero-order valence-corrected chi connectivity index (χ0v) is 16.0. The first-order valence-corrected chi connectivity index (χ1v) is 8.96. The topological polar surface area (TPSA) is 65.4 Å². The second kappa shape index (κ2) is 9.41. The number of benzene rings is 2. The highest BCUT2D eigenvalue weighted by Crippen LogP contribution is 2.23. The SMILES string of the molecule is COc1cc(/C=C/C(=O)NCCc2ccc(-n3cccn3)cc2)cc(OC)c1. The smallest absolute Gasteiger partial charge is 0.244 e. The summed E-state index contributed by atoms with van der Waals surface area (Å²) in [6, 6.07) is 15.5. The summed E-state index contributed by atoms with van der Waals surface area (Å²) in [5, 5.41) is 7.10. The van der Waals surface area contributed by atoms with Crippen molar-refractivity contribution in [2.75, 3.05) is 20.8 Å². The third kappa shape index (κ3) is 5.23. The van der Waals surface area contributed by atoms with Crippen molar-refractivity contribution in [2.45, 2.75) is 6.42 Å². The summed E-state index contributed by atoms with van der Waals surface area (Å²) >= 11 is 0. The van der Waals surface area contributed by atoms with Gasteiger partial charge in [-0.1, -0.05) is 12.1 Å². The van der Waals surface area contributed by atoms with Gasteiger partial charge in [0.2, 0.25) is 5.91 Å². The molecule has 0 aliphatic rings. The Morgan fingerprint density at radius 1 is 1.11 bits per heavy atom. The molecule has 1 aromatic heterocycles. The molecule has 0 spiro atoms. The van der Waals surface area contributed by atoms with Crippen molar-refractivity contribution < 1.29 is 14.3 Å². The van der Waals surface area contributed by atoms with E-state index in [-0.39, 0.29) is 5.91 Å². The van der Waals surface area contributed by atoms with Gasteiger partial charge < -0.3 is 14.8 Å². The van der Waals surface area contributed by atoms with Crippen molar-refractivity contribution >= 4 is 12.0 Å². The molecule has 0 bridgehead atoms. The number of methoxy groups -OCH3 is 2. The van der Waals surface area contributed by atoms with Crippen LogP contribution in [0.15, 0.2) is 67.0 Å². The molecule has 0 aliphatic heterocycles. The molecule has 144 valence electrons. The van der Waals surface area contributed by atoms with Crippen molar-refractivity contribution in [3.8, 4) is 17.2 Å². The Balaban J connectivity index is 1.50. The van der Waals surface area contributed by atoms with Crippen LogP contribution >= 0.6 is 0 Å². The number of amides is 1. The Kier molecular flexibility index (Phi) is 6.46. The summed E-state index contributed by atoms with van der Waals surface area (Å²) in [4.78, 5) is 12.1. The Hall–Kier alpha value is -3.54. The third-order valence-corrected chi connectivity index (χ3v) is 4.22. The Morgan fingerprint density at radius 2 is 1.82 bits per heavy atom. The summed E-state index contributed by atoms with van der Waals surface area (Å²) in [7, 11) is 3.19. The normalized spacial score (nSPS) is 10.8. The standard InChI is InChI=1S/C22H23N3O3/c1-27-20-14-18(15-21(16-20)28-2)6-9-22(26)23-12-10-17-4-7-19(8-5-17)25-13-3-11-24-25/h3-9,11,13-16H,10,12H2,1-2H3,(H,23,26)/b9-6+. The van der Waals surface area contributed by atoms with Crippen molar-refractivity contribution in [1.29, 1.82) is 0 Å². The molecule has 1 N–H and O–H groups in total. The molecule has 0 unspecified atom stereocenters. The molecular weight excluding hydrogens is 354 g/mol. The van der Waals surface area contributed by atoms with Gasteiger partial charge in [-0.15, -0.1) is 0 Å². The van der Waals surface area contributed by atoms with Gasteiger partial charge in [-0.3, -0.25) is 4.79 Å². The highest BCUT2D eigenvalue weighted by molar-refractivity contribution is 5.91. The molecule has 0 saturated heterocycles. The van der Waals surface area contributed by atoms with Gasteiger partial charge >= 0.3 is 0 Å². The number of hydrogen-bond acceptors (Lipinski definition) is 4. The molecule has 0 saturated carbocycles. The van der Waals surface area contributed by atoms with E-state index < -0.39 is 0 Å². The van der Waals surface area contributed by atoms with Crippen LogP contribution in [0.4, 0.5) is 0 Å². The van der Waals surface area contributed by atoms with E-state index in [1.807, 2.05) is 53.3 Å². The van der Waals surface area contributed by atoms with E-state index in [9.17, 15) is 4.79 Å². The number of aromatic nitrogens is 2. The molecule has 6 nitrogen and oxygen atoms in total. The maximum atomic E-state index is 12.1. The quantitative estimate of drug-likeness (QED) is 0.612. The van der Waals surface area contributed by atoms with Gasteiger partial charge in [0, 0.05) is 31.1 Å². The van der Waals surface area contributed by atoms with E-state index in [4.69, 9.17) is 9.47 Å². The first-order chi connectivity index (χ1) is 13.7. The van der Waals surface area contributed by atoms with Crippen molar-refractivity contribution in [1.82, 2.24) is 15.1 Å². The average molecular weight is 377 g/mol. The molecule has 1 heterocycles. The van der Waals surface area contributed by atoms with Crippen LogP contribution in [0.2, 0.25) is 0 Å². The monoisotopic (exact) mass is 377 g/mol. The molecule has 3 rings (SSSR count). The lowest BCUT2D eigenvalue weighted by atomic mass is 10.1. The van der Waals surface area contributed by atoms with Gasteiger partial charge in [0.1, 0.15) is 11.5 Å². The van der Waals surface area contributed by atoms with Gasteiger partial charge in [-0.2, -0.15) is 5.10 Å². The predicted molar refractivity (Wildman–Crippen MR) is 109 cm³/mol. The molecule has 0 fully saturated rings. The average Bonchev–Trinajstić information content (AvgIpc) is 3.27. The van der Waals surface area contributed by atoms with E-state index in [1.165, 1.54) is 6.08 Å². The third-order valence-electron chi connectivity index (χ3n) is 4.22. The fraction of sp³-hybridized carbons (Fsp3) is 0.182. The minimum absolute atomic E-state index is 0.144. The Labute approximate surface area is 164 Å². The van der Waals surface area contributed by atoms with Crippen molar-refractivity contribution in [3.63, 3.8) is 0 Å². The number of rotatable bonds is 8. The van der Waals surface area contributed by atoms with E-state index in [2.05, 4.69) is 10.4 Å². The van der Waals surface area contributed by atoms with Crippen LogP contribution in [0, 0.1) is 0 Å². The Morgan fingerprint density at radius 3 is 2.43 bits per heavy atom. The molecule has 0 atom stereocenters. The minimum atomic E-state index is -0.144. The van der Waals surface area contributed by atoms with Gasteiger partial charge in [0.05, 0.1) is 19.9 Å². The maximum Gasteiger partial charge on any atom is 0.244 e. The first-order valence-electron chi connectivity index (χ1n) is 8.96. The van der Waals surface area contributed by atoms with Crippen LogP contribution in [0.25, 0.3) is 11.8 Å². The van der Waals surface area contributed by atoms with Crippen LogP contribution in [0.3, 0.4) is 0 Å². The summed E-state index contributed by atoms with van der Waals surface area (Å²) < 4.78 is 12.3. The number of carbonyl (C=O) groups excluding carboxylic acids is 1. The summed E-state index contributed by atoms with van der Waals surface area (Å²) in [5.41, 5.74) is 2.99. The summed E-state index contributed by atoms with van der Waals surface area (Å²) in [6.07, 6.45) is 7.65. The van der Waals surface area contributed by atoms with Crippen molar-refractivity contribution in [3.05, 3.63) is 78.1 Å². The van der Waals surface area contributed by atoms with Gasteiger partial charge in [-0.05, 0) is 54.0 Å². The molecule has 0 radical (unpaired) electrons. The van der Waals surface area contributed by atoms with E-state index in [1.54, 1.807) is 32.6 Å². The molecule has 0 aliphatic carbocycles. The lowest BCUT2D eigenvalue weighted by molar-refractivity contribution is -0.116. The highest BCUT2D eigenvalue weighted by atomic mass is 16.5. The zero-order valence-electron chi connectivity index (χ0n) is 16.0. The largest absolute Gasteiger partial charge is 0.497 e. The zero-order chi connectivity index (χ0) is 19.8. The van der Waals surface area contributed by atoms with Crippen molar-refractivity contribution in [2.24, 2.45) is 0 Å². The fourth-order valence-electron chi connectivity index (χ4n) is 2.72. The Bertz CT molecular complexity index is 910. The molecule has 28 heavy (non-hydrogen) atoms. The molecule has 1 amide bonds. The number of hydrogen-bond donors (Lipinski definition) is 1. The van der Waals surface area contributed by atoms with Crippen LogP contribution in [-0.4, -0.2) is 36.5 Å². The fourth-order valence-corrected chi connectivity index (χ4v) is 2.72. The van der Waals surface area contributed by atoms with Crippen LogP contribution < -0.4 is 14.8 Å². The lowest BCUT2D eigenvalue weighted by Gasteiger charge is -2.06. The number of nitrogens with zero attached hydrogens (tertiary/aromatic N) is 2. The van der Waals surface area contributed by atoms with Crippen LogP contribution in [0.5, 0.6) is 11.5 Å². The first kappa shape index (κ1) is 19.2. The highest BCUT2D eigenvalue weighted by Gasteiger charge is 2.02. The lowest BCUT2D eigenvalue weighted by Crippen LogP contribution is -2.23. The second-order valence-corrected chi connectivity index (χ2v) is 6.14. The number of carbonyl (C=O) groups is 1. The minimum Gasteiger partial charge on any atom is -0.497 e.